The summed E-state index contributed by atoms with van der Waals surface area (Å²) in [4.78, 5) is 12.1. The van der Waals surface area contributed by atoms with Gasteiger partial charge in [0.15, 0.2) is 5.78 Å². The van der Waals surface area contributed by atoms with Crippen molar-refractivity contribution >= 4 is 22.3 Å². The Morgan fingerprint density at radius 1 is 1.00 bits per heavy atom. The summed E-state index contributed by atoms with van der Waals surface area (Å²) in [5.74, 6) is 0.768. The molecule has 0 unspecified atom stereocenters. The molecule has 2 aromatic rings. The van der Waals surface area contributed by atoms with E-state index in [1.165, 1.54) is 19.3 Å². The smallest absolute Gasteiger partial charge is 0.193 e. The highest BCUT2D eigenvalue weighted by Gasteiger charge is 2.26. The minimum Gasteiger partial charge on any atom is -0.507 e. The van der Waals surface area contributed by atoms with Gasteiger partial charge in [0.25, 0.3) is 0 Å². The molecule has 3 rings (SSSR count). The van der Waals surface area contributed by atoms with Crippen LogP contribution in [-0.2, 0) is 4.74 Å². The second-order valence-electron chi connectivity index (χ2n) is 4.28. The molecule has 0 saturated carbocycles. The maximum absolute atomic E-state index is 12.1. The van der Waals surface area contributed by atoms with Crippen molar-refractivity contribution < 1.29 is 19.4 Å². The molecule has 1 aliphatic carbocycles. The number of phenolic OH excluding ortho intramolecular Hbond substituents is 1. The van der Waals surface area contributed by atoms with Crippen LogP contribution in [-0.4, -0.2) is 25.1 Å². The van der Waals surface area contributed by atoms with Gasteiger partial charge in [0.1, 0.15) is 17.3 Å². The van der Waals surface area contributed by atoms with Crippen LogP contribution >= 0.6 is 0 Å². The lowest BCUT2D eigenvalue weighted by Gasteiger charge is -2.20. The number of methoxy groups -OCH3 is 2. The van der Waals surface area contributed by atoms with Crippen molar-refractivity contribution in [3.63, 3.8) is 0 Å². The Bertz CT molecular complexity index is 728. The van der Waals surface area contributed by atoms with E-state index in [9.17, 15) is 9.90 Å². The number of benzene rings is 2. The quantitative estimate of drug-likeness (QED) is 0.897. The number of ether oxygens (including phenoxy) is 2. The normalized spacial score (nSPS) is 13.4. The molecule has 0 saturated heterocycles. The van der Waals surface area contributed by atoms with Crippen molar-refractivity contribution in [1.29, 1.82) is 0 Å². The van der Waals surface area contributed by atoms with E-state index in [-0.39, 0.29) is 11.5 Å². The predicted molar refractivity (Wildman–Crippen MR) is 71.5 cm³/mol. The number of rotatable bonds is 2. The Labute approximate surface area is 109 Å². The monoisotopic (exact) mass is 256 g/mol. The van der Waals surface area contributed by atoms with Gasteiger partial charge in [-0.2, -0.15) is 0 Å². The number of hydrogen-bond acceptors (Lipinski definition) is 4. The average Bonchev–Trinajstić information content (AvgIpc) is 2.43. The zero-order chi connectivity index (χ0) is 13.6. The molecule has 4 nitrogen and oxygen atoms in total. The van der Waals surface area contributed by atoms with Crippen molar-refractivity contribution in [2.45, 2.75) is 0 Å². The Balaban J connectivity index is 2.53. The molecular weight excluding hydrogens is 244 g/mol. The summed E-state index contributed by atoms with van der Waals surface area (Å²) in [7, 11) is 3.06. The van der Waals surface area contributed by atoms with Gasteiger partial charge in [-0.25, -0.2) is 0 Å². The zero-order valence-corrected chi connectivity index (χ0v) is 10.6. The minimum absolute atomic E-state index is 0.0293. The molecule has 1 N–H and O–H groups in total. The Morgan fingerprint density at radius 3 is 2.42 bits per heavy atom. The van der Waals surface area contributed by atoms with Crippen LogP contribution in [0.3, 0.4) is 0 Å². The molecule has 0 spiro atoms. The second kappa shape index (κ2) is 4.02. The summed E-state index contributed by atoms with van der Waals surface area (Å²) in [6.07, 6.45) is 1.37. The largest absolute Gasteiger partial charge is 0.507 e. The zero-order valence-electron chi connectivity index (χ0n) is 10.6. The molecular formula is C15H12O4. The Kier molecular flexibility index (Phi) is 2.45. The average molecular weight is 256 g/mol. The molecule has 0 aromatic heterocycles. The van der Waals surface area contributed by atoms with Crippen molar-refractivity contribution in [2.75, 3.05) is 14.2 Å². The van der Waals surface area contributed by atoms with E-state index < -0.39 is 0 Å². The summed E-state index contributed by atoms with van der Waals surface area (Å²) >= 11 is 0. The van der Waals surface area contributed by atoms with Gasteiger partial charge in [0, 0.05) is 11.5 Å². The van der Waals surface area contributed by atoms with Gasteiger partial charge in [-0.05, 0) is 17.5 Å². The molecule has 0 atom stereocenters. The van der Waals surface area contributed by atoms with Gasteiger partial charge in [-0.3, -0.25) is 4.79 Å². The van der Waals surface area contributed by atoms with Crippen molar-refractivity contribution in [3.8, 4) is 11.5 Å². The van der Waals surface area contributed by atoms with Gasteiger partial charge >= 0.3 is 0 Å². The number of phenols is 1. The summed E-state index contributed by atoms with van der Waals surface area (Å²) in [5, 5.41) is 11.5. The van der Waals surface area contributed by atoms with Crippen molar-refractivity contribution in [1.82, 2.24) is 0 Å². The summed E-state index contributed by atoms with van der Waals surface area (Å²) in [6.45, 7) is 0. The number of aromatic hydroxyl groups is 1. The molecule has 2 aromatic carbocycles. The van der Waals surface area contributed by atoms with Crippen LogP contribution in [0, 0.1) is 0 Å². The van der Waals surface area contributed by atoms with E-state index in [4.69, 9.17) is 9.47 Å². The predicted octanol–water partition coefficient (Wildman–Crippen LogP) is 2.74. The molecule has 0 fully saturated rings. The molecule has 0 radical (unpaired) electrons. The van der Waals surface area contributed by atoms with Crippen LogP contribution in [0.2, 0.25) is 0 Å². The highest BCUT2D eigenvalue weighted by Crippen LogP contribution is 2.42. The lowest BCUT2D eigenvalue weighted by Crippen LogP contribution is -2.08. The number of hydrogen-bond donors (Lipinski definition) is 1. The van der Waals surface area contributed by atoms with E-state index >= 15 is 0 Å². The second-order valence-corrected chi connectivity index (χ2v) is 4.28. The number of allylic oxidation sites excluding steroid dienone is 1. The van der Waals surface area contributed by atoms with Crippen molar-refractivity contribution in [3.05, 3.63) is 41.5 Å². The highest BCUT2D eigenvalue weighted by molar-refractivity contribution is 6.23. The molecule has 0 amide bonds. The molecule has 0 heterocycles. The van der Waals surface area contributed by atoms with Crippen molar-refractivity contribution in [2.24, 2.45) is 0 Å². The van der Waals surface area contributed by atoms with Crippen LogP contribution < -0.4 is 4.74 Å². The first-order valence-electron chi connectivity index (χ1n) is 5.80. The highest BCUT2D eigenvalue weighted by atomic mass is 16.5. The molecule has 96 valence electrons. The van der Waals surface area contributed by atoms with Gasteiger partial charge in [0.2, 0.25) is 0 Å². The third-order valence-electron chi connectivity index (χ3n) is 3.32. The maximum atomic E-state index is 12.1. The van der Waals surface area contributed by atoms with Crippen LogP contribution in [0.15, 0.2) is 30.3 Å². The van der Waals surface area contributed by atoms with Gasteiger partial charge < -0.3 is 14.6 Å². The molecule has 1 aliphatic rings. The molecule has 0 aliphatic heterocycles. The van der Waals surface area contributed by atoms with Gasteiger partial charge in [0.05, 0.1) is 25.3 Å². The van der Waals surface area contributed by atoms with E-state index in [0.717, 1.165) is 5.39 Å². The lowest BCUT2D eigenvalue weighted by molar-refractivity contribution is 0.104. The first kappa shape index (κ1) is 11.6. The van der Waals surface area contributed by atoms with E-state index in [2.05, 4.69) is 0 Å². The lowest BCUT2D eigenvalue weighted by atomic mass is 9.90. The van der Waals surface area contributed by atoms with Crippen LogP contribution in [0.25, 0.3) is 16.5 Å². The van der Waals surface area contributed by atoms with E-state index in [1.54, 1.807) is 13.2 Å². The molecule has 4 heteroatoms. The standard InChI is InChI=1S/C15H12O4/c1-18-11-6-4-8-3-5-9(16)14-10(17)7-12(19-2)15(11)13(8)14/h3-7,16H,1-2H3. The number of carbonyl (C=O) groups excluding carboxylic acids is 1. The summed E-state index contributed by atoms with van der Waals surface area (Å²) in [6, 6.07) is 6.97. The SMILES string of the molecule is COC1=CC(=O)c2c(O)ccc3ccc(OC)c1c23. The van der Waals surface area contributed by atoms with E-state index in [1.807, 2.05) is 12.1 Å². The fraction of sp³-hybridized carbons (Fsp3) is 0.133. The van der Waals surface area contributed by atoms with Crippen LogP contribution in [0.1, 0.15) is 15.9 Å². The topological polar surface area (TPSA) is 55.8 Å². The maximum Gasteiger partial charge on any atom is 0.193 e. The first-order valence-corrected chi connectivity index (χ1v) is 5.80. The minimum atomic E-state index is -0.263. The molecule has 19 heavy (non-hydrogen) atoms. The summed E-state index contributed by atoms with van der Waals surface area (Å²) in [5.41, 5.74) is 1.00. The Hall–Kier alpha value is -2.49. The molecule has 0 bridgehead atoms. The third-order valence-corrected chi connectivity index (χ3v) is 3.32. The first-order chi connectivity index (χ1) is 9.17. The fourth-order valence-electron chi connectivity index (χ4n) is 2.48. The fourth-order valence-corrected chi connectivity index (χ4v) is 2.48. The number of carbonyl (C=O) groups is 1. The van der Waals surface area contributed by atoms with E-state index in [0.29, 0.717) is 28.0 Å². The van der Waals surface area contributed by atoms with Gasteiger partial charge in [-0.1, -0.05) is 12.1 Å². The van der Waals surface area contributed by atoms with Crippen LogP contribution in [0.4, 0.5) is 0 Å². The van der Waals surface area contributed by atoms with Gasteiger partial charge in [-0.15, -0.1) is 0 Å². The third kappa shape index (κ3) is 1.50. The Morgan fingerprint density at radius 2 is 1.74 bits per heavy atom. The number of ketones is 1. The van der Waals surface area contributed by atoms with Crippen LogP contribution in [0.5, 0.6) is 11.5 Å². The summed E-state index contributed by atoms with van der Waals surface area (Å²) < 4.78 is 10.6.